The molecule has 0 saturated carbocycles. The van der Waals surface area contributed by atoms with Crippen LogP contribution in [0.2, 0.25) is 0 Å². The summed E-state index contributed by atoms with van der Waals surface area (Å²) >= 11 is 5.27. The number of aromatic nitrogens is 3. The number of amides is 1. The van der Waals surface area contributed by atoms with Crippen LogP contribution in [0.4, 0.5) is 5.95 Å². The molecule has 1 heterocycles. The van der Waals surface area contributed by atoms with Crippen LogP contribution in [0.3, 0.4) is 0 Å². The summed E-state index contributed by atoms with van der Waals surface area (Å²) in [5.41, 5.74) is 1.08. The fraction of sp³-hybridized carbons (Fsp3) is 0. The molecule has 33 heavy (non-hydrogen) atoms. The van der Waals surface area contributed by atoms with E-state index in [-0.39, 0.29) is 28.5 Å². The molecule has 1 amide bonds. The van der Waals surface area contributed by atoms with Crippen LogP contribution in [0.15, 0.2) is 84.9 Å². The molecule has 9 nitrogen and oxygen atoms in total. The average Bonchev–Trinajstić information content (AvgIpc) is 3.22. The van der Waals surface area contributed by atoms with Crippen molar-refractivity contribution in [3.05, 3.63) is 96.1 Å². The van der Waals surface area contributed by atoms with E-state index in [1.807, 2.05) is 18.2 Å². The van der Waals surface area contributed by atoms with Crippen LogP contribution in [0.5, 0.6) is 11.8 Å². The molecule has 0 spiro atoms. The Morgan fingerprint density at radius 1 is 0.879 bits per heavy atom. The first kappa shape index (κ1) is 21.7. The number of carboxylic acid groups (broad SMARTS) is 1. The Morgan fingerprint density at radius 3 is 2.15 bits per heavy atom. The van der Waals surface area contributed by atoms with E-state index in [1.54, 1.807) is 54.6 Å². The molecular formula is C23H17N5O4S. The van der Waals surface area contributed by atoms with Crippen molar-refractivity contribution in [3.8, 4) is 17.4 Å². The first-order chi connectivity index (χ1) is 16.0. The number of anilines is 1. The number of hydrogen-bond donors (Lipinski definition) is 3. The number of ether oxygens (including phenoxy) is 1. The number of benzene rings is 3. The summed E-state index contributed by atoms with van der Waals surface area (Å²) < 4.78 is 7.10. The minimum Gasteiger partial charge on any atom is -0.478 e. The molecule has 0 saturated heterocycles. The molecule has 10 heteroatoms. The van der Waals surface area contributed by atoms with E-state index in [2.05, 4.69) is 20.7 Å². The first-order valence-corrected chi connectivity index (χ1v) is 10.1. The van der Waals surface area contributed by atoms with Crippen LogP contribution < -0.4 is 15.4 Å². The molecule has 3 aromatic carbocycles. The Balaban J connectivity index is 1.59. The van der Waals surface area contributed by atoms with E-state index in [0.717, 1.165) is 0 Å². The van der Waals surface area contributed by atoms with Crippen LogP contribution in [-0.4, -0.2) is 36.9 Å². The zero-order valence-corrected chi connectivity index (χ0v) is 17.8. The molecular weight excluding hydrogens is 442 g/mol. The van der Waals surface area contributed by atoms with Gasteiger partial charge in [-0.15, -0.1) is 5.10 Å². The van der Waals surface area contributed by atoms with Crippen LogP contribution in [0, 0.1) is 0 Å². The van der Waals surface area contributed by atoms with Gasteiger partial charge in [0.05, 0.1) is 11.3 Å². The molecule has 0 unspecified atom stereocenters. The van der Waals surface area contributed by atoms with Crippen molar-refractivity contribution in [2.45, 2.75) is 0 Å². The normalized spacial score (nSPS) is 10.3. The maximum Gasteiger partial charge on any atom is 0.343 e. The van der Waals surface area contributed by atoms with Crippen molar-refractivity contribution in [1.82, 2.24) is 20.1 Å². The molecule has 0 aliphatic heterocycles. The summed E-state index contributed by atoms with van der Waals surface area (Å²) in [5, 5.41) is 18.9. The number of para-hydroxylation sites is 1. The minimum atomic E-state index is -1.05. The van der Waals surface area contributed by atoms with E-state index >= 15 is 0 Å². The van der Waals surface area contributed by atoms with Crippen LogP contribution in [-0.2, 0) is 0 Å². The van der Waals surface area contributed by atoms with Gasteiger partial charge in [-0.2, -0.15) is 9.67 Å². The molecule has 0 bridgehead atoms. The Morgan fingerprint density at radius 2 is 1.52 bits per heavy atom. The second-order valence-electron chi connectivity index (χ2n) is 6.67. The highest BCUT2D eigenvalue weighted by Gasteiger charge is 2.17. The summed E-state index contributed by atoms with van der Waals surface area (Å²) in [5.74, 6) is -0.730. The third-order valence-corrected chi connectivity index (χ3v) is 4.59. The molecule has 0 radical (unpaired) electrons. The van der Waals surface area contributed by atoms with Crippen molar-refractivity contribution in [3.63, 3.8) is 0 Å². The van der Waals surface area contributed by atoms with E-state index in [1.165, 1.54) is 16.8 Å². The van der Waals surface area contributed by atoms with Gasteiger partial charge < -0.3 is 15.2 Å². The van der Waals surface area contributed by atoms with Gasteiger partial charge in [0.25, 0.3) is 5.91 Å². The van der Waals surface area contributed by atoms with Gasteiger partial charge in [-0.25, -0.2) is 4.79 Å². The smallest absolute Gasteiger partial charge is 0.343 e. The number of carbonyl (C=O) groups is 2. The van der Waals surface area contributed by atoms with E-state index in [0.29, 0.717) is 17.0 Å². The summed E-state index contributed by atoms with van der Waals surface area (Å²) in [6, 6.07) is 23.6. The second-order valence-corrected chi connectivity index (χ2v) is 7.08. The fourth-order valence-electron chi connectivity index (χ4n) is 2.83. The number of nitrogens with one attached hydrogen (secondary N) is 2. The van der Waals surface area contributed by atoms with Crippen molar-refractivity contribution in [1.29, 1.82) is 0 Å². The van der Waals surface area contributed by atoms with Crippen molar-refractivity contribution in [2.24, 2.45) is 0 Å². The number of thiocarbonyl (C=S) groups is 1. The van der Waals surface area contributed by atoms with Gasteiger partial charge in [0.1, 0.15) is 5.75 Å². The molecule has 1 aromatic heterocycles. The molecule has 0 aliphatic rings. The largest absolute Gasteiger partial charge is 0.478 e. The SMILES string of the molecule is O=C(O)c1ccc(-n2nc(Oc3ccccc3)nc2NC(=S)NC(=O)c2ccccc2)cc1. The molecule has 0 fully saturated rings. The predicted molar refractivity (Wildman–Crippen MR) is 125 cm³/mol. The summed E-state index contributed by atoms with van der Waals surface area (Å²) in [7, 11) is 0. The molecule has 164 valence electrons. The number of aromatic carboxylic acids is 1. The van der Waals surface area contributed by atoms with Gasteiger partial charge in [0.15, 0.2) is 5.11 Å². The maximum absolute atomic E-state index is 12.4. The number of hydrogen-bond acceptors (Lipinski definition) is 6. The first-order valence-electron chi connectivity index (χ1n) is 9.70. The third-order valence-electron chi connectivity index (χ3n) is 4.39. The molecule has 4 rings (SSSR count). The lowest BCUT2D eigenvalue weighted by molar-refractivity contribution is 0.0696. The Bertz CT molecular complexity index is 1290. The highest BCUT2D eigenvalue weighted by molar-refractivity contribution is 7.80. The maximum atomic E-state index is 12.4. The second kappa shape index (κ2) is 9.71. The van der Waals surface area contributed by atoms with Gasteiger partial charge in [0, 0.05) is 5.56 Å². The standard InChI is InChI=1S/C23H17N5O4S/c29-19(15-7-3-1-4-8-15)24-23(33)26-21-25-22(32-18-9-5-2-6-10-18)27-28(21)17-13-11-16(12-14-17)20(30)31/h1-14H,(H,30,31)(H2,24,25,26,27,29,33). The topological polar surface area (TPSA) is 118 Å². The summed E-state index contributed by atoms with van der Waals surface area (Å²) in [6.07, 6.45) is 0. The Hall–Kier alpha value is -4.57. The molecule has 0 aliphatic carbocycles. The van der Waals surface area contributed by atoms with Crippen molar-refractivity contribution < 1.29 is 19.4 Å². The number of carboxylic acids is 1. The third kappa shape index (κ3) is 5.38. The van der Waals surface area contributed by atoms with Crippen LogP contribution in [0.25, 0.3) is 5.69 Å². The lowest BCUT2D eigenvalue weighted by Gasteiger charge is -2.10. The molecule has 0 atom stereocenters. The number of rotatable bonds is 6. The van der Waals surface area contributed by atoms with Crippen LogP contribution >= 0.6 is 12.2 Å². The fourth-order valence-corrected chi connectivity index (χ4v) is 3.02. The Kier molecular flexibility index (Phi) is 6.37. The zero-order valence-electron chi connectivity index (χ0n) is 17.0. The summed E-state index contributed by atoms with van der Waals surface area (Å²) in [4.78, 5) is 27.9. The van der Waals surface area contributed by atoms with Gasteiger partial charge in [-0.1, -0.05) is 36.4 Å². The van der Waals surface area contributed by atoms with Gasteiger partial charge >= 0.3 is 12.0 Å². The van der Waals surface area contributed by atoms with Crippen molar-refractivity contribution >= 4 is 35.2 Å². The molecule has 4 aromatic rings. The van der Waals surface area contributed by atoms with E-state index < -0.39 is 5.97 Å². The monoisotopic (exact) mass is 459 g/mol. The summed E-state index contributed by atoms with van der Waals surface area (Å²) in [6.45, 7) is 0. The predicted octanol–water partition coefficient (Wildman–Crippen LogP) is 3.88. The molecule has 3 N–H and O–H groups in total. The lowest BCUT2D eigenvalue weighted by Crippen LogP contribution is -2.34. The zero-order chi connectivity index (χ0) is 23.2. The van der Waals surface area contributed by atoms with Gasteiger partial charge in [-0.05, 0) is 60.7 Å². The quantitative estimate of drug-likeness (QED) is 0.372. The minimum absolute atomic E-state index is 0.00548. The highest BCUT2D eigenvalue weighted by atomic mass is 32.1. The van der Waals surface area contributed by atoms with Crippen molar-refractivity contribution in [2.75, 3.05) is 5.32 Å². The van der Waals surface area contributed by atoms with Gasteiger partial charge in [0.2, 0.25) is 5.95 Å². The van der Waals surface area contributed by atoms with Crippen LogP contribution in [0.1, 0.15) is 20.7 Å². The number of carbonyl (C=O) groups excluding carboxylic acids is 1. The number of nitrogens with zero attached hydrogens (tertiary/aromatic N) is 3. The Labute approximate surface area is 193 Å². The van der Waals surface area contributed by atoms with E-state index in [9.17, 15) is 9.59 Å². The van der Waals surface area contributed by atoms with E-state index in [4.69, 9.17) is 22.1 Å². The highest BCUT2D eigenvalue weighted by Crippen LogP contribution is 2.22. The van der Waals surface area contributed by atoms with Gasteiger partial charge in [-0.3, -0.25) is 10.1 Å². The lowest BCUT2D eigenvalue weighted by atomic mass is 10.2. The average molecular weight is 459 g/mol.